The van der Waals surface area contributed by atoms with Crippen LogP contribution in [0.2, 0.25) is 0 Å². The molecule has 0 saturated heterocycles. The lowest BCUT2D eigenvalue weighted by Gasteiger charge is -2.27. The number of carbonyl (C=O) groups excluding carboxylic acids is 2. The van der Waals surface area contributed by atoms with Crippen LogP contribution in [-0.2, 0) is 44.7 Å². The molecule has 0 bridgehead atoms. The van der Waals surface area contributed by atoms with Crippen LogP contribution < -0.4 is 4.74 Å². The number of esters is 1. The first-order valence-corrected chi connectivity index (χ1v) is 17.3. The number of aliphatic hydroxyl groups excluding tert-OH is 2. The topological polar surface area (TPSA) is 102 Å². The zero-order valence-corrected chi connectivity index (χ0v) is 29.3. The fourth-order valence-corrected chi connectivity index (χ4v) is 5.59. The van der Waals surface area contributed by atoms with Gasteiger partial charge in [-0.25, -0.2) is 4.79 Å². The van der Waals surface area contributed by atoms with Gasteiger partial charge in [-0.3, -0.25) is 4.79 Å². The van der Waals surface area contributed by atoms with Crippen molar-refractivity contribution in [2.24, 2.45) is 5.41 Å². The first-order valence-electron chi connectivity index (χ1n) is 17.3. The molecule has 0 aliphatic heterocycles. The lowest BCUT2D eigenvalue weighted by Crippen LogP contribution is -2.33. The molecule has 0 aromatic heterocycles. The Hall–Kier alpha value is -3.94. The van der Waals surface area contributed by atoms with Crippen molar-refractivity contribution in [1.29, 1.82) is 0 Å². The van der Waals surface area contributed by atoms with Crippen LogP contribution in [0.1, 0.15) is 82.1 Å². The van der Waals surface area contributed by atoms with Gasteiger partial charge < -0.3 is 24.4 Å². The molecule has 3 aromatic carbocycles. The first-order chi connectivity index (χ1) is 23.2. The monoisotopic (exact) mass is 658 g/mol. The molecule has 0 spiro atoms. The Balaban J connectivity index is 2.03. The highest BCUT2D eigenvalue weighted by Crippen LogP contribution is 2.37. The summed E-state index contributed by atoms with van der Waals surface area (Å²) in [6, 6.07) is 19.8. The van der Waals surface area contributed by atoms with Crippen molar-refractivity contribution in [1.82, 2.24) is 0 Å². The van der Waals surface area contributed by atoms with Gasteiger partial charge in [0.05, 0.1) is 33.0 Å². The summed E-state index contributed by atoms with van der Waals surface area (Å²) in [4.78, 5) is 22.8. The maximum Gasteiger partial charge on any atom is 0.333 e. The number of aliphatic hydroxyl groups is 2. The smallest absolute Gasteiger partial charge is 0.333 e. The minimum Gasteiger partial charge on any atom is -0.492 e. The van der Waals surface area contributed by atoms with Crippen LogP contribution in [0.15, 0.2) is 66.7 Å². The lowest BCUT2D eigenvalue weighted by molar-refractivity contribution is -0.139. The van der Waals surface area contributed by atoms with Crippen molar-refractivity contribution in [3.05, 3.63) is 89.0 Å². The first kappa shape index (κ1) is 38.5. The van der Waals surface area contributed by atoms with E-state index in [-0.39, 0.29) is 33.0 Å². The molecular formula is C41H54O7. The van der Waals surface area contributed by atoms with E-state index in [0.717, 1.165) is 35.1 Å². The van der Waals surface area contributed by atoms with Gasteiger partial charge >= 0.3 is 5.97 Å². The third-order valence-electron chi connectivity index (χ3n) is 8.67. The second kappa shape index (κ2) is 19.8. The Morgan fingerprint density at radius 3 is 2.02 bits per heavy atom. The van der Waals surface area contributed by atoms with Crippen molar-refractivity contribution < 1.29 is 34.0 Å². The van der Waals surface area contributed by atoms with Crippen LogP contribution in [0, 0.1) is 5.41 Å². The molecule has 3 rings (SSSR count). The summed E-state index contributed by atoms with van der Waals surface area (Å²) in [5.74, 6) is 0.259. The van der Waals surface area contributed by atoms with Crippen LogP contribution in [0.5, 0.6) is 5.75 Å². The van der Waals surface area contributed by atoms with Crippen LogP contribution >= 0.6 is 0 Å². The molecule has 0 saturated carbocycles. The summed E-state index contributed by atoms with van der Waals surface area (Å²) in [7, 11) is 0. The molecule has 0 atom stereocenters. The van der Waals surface area contributed by atoms with E-state index >= 15 is 0 Å². The number of rotatable bonds is 22. The fourth-order valence-electron chi connectivity index (χ4n) is 5.59. The Bertz CT molecular complexity index is 1470. The minimum atomic E-state index is -0.830. The summed E-state index contributed by atoms with van der Waals surface area (Å²) in [6.45, 7) is 12.0. The predicted molar refractivity (Wildman–Crippen MR) is 192 cm³/mol. The van der Waals surface area contributed by atoms with Crippen LogP contribution in [0.4, 0.5) is 0 Å². The van der Waals surface area contributed by atoms with Gasteiger partial charge in [-0.15, -0.1) is 0 Å². The average Bonchev–Trinajstić information content (AvgIpc) is 3.11. The van der Waals surface area contributed by atoms with Gasteiger partial charge in [-0.1, -0.05) is 82.7 Å². The van der Waals surface area contributed by atoms with E-state index in [4.69, 9.17) is 14.2 Å². The van der Waals surface area contributed by atoms with E-state index in [1.165, 1.54) is 41.5 Å². The largest absolute Gasteiger partial charge is 0.492 e. The molecule has 0 fully saturated rings. The number of carbonyl (C=O) groups is 2. The standard InChI is InChI=1S/C41H54O7/c1-6-8-9-12-31-15-17-33(18-16-31)34-19-20-38(32(7-2)23-34)37-24-35(13-10-21-46-29-44)39(48-28-41(5,26-42)27-43)36(25-37)14-11-22-47-40(45)30(3)4/h15-20,23-25,29,42-43H,3,6-14,21-22,26-28H2,1-2,4-5H3. The maximum atomic E-state index is 12.0. The van der Waals surface area contributed by atoms with E-state index in [1.54, 1.807) is 13.8 Å². The highest BCUT2D eigenvalue weighted by Gasteiger charge is 2.25. The van der Waals surface area contributed by atoms with Gasteiger partial charge in [0, 0.05) is 11.0 Å². The van der Waals surface area contributed by atoms with Crippen molar-refractivity contribution >= 4 is 12.4 Å². The third-order valence-corrected chi connectivity index (χ3v) is 8.67. The molecule has 0 heterocycles. The van der Waals surface area contributed by atoms with Crippen LogP contribution in [-0.4, -0.2) is 55.7 Å². The van der Waals surface area contributed by atoms with Gasteiger partial charge in [0.2, 0.25) is 0 Å². The second-order valence-electron chi connectivity index (χ2n) is 13.0. The van der Waals surface area contributed by atoms with E-state index < -0.39 is 11.4 Å². The van der Waals surface area contributed by atoms with E-state index in [0.29, 0.717) is 43.5 Å². The van der Waals surface area contributed by atoms with Crippen molar-refractivity contribution in [3.63, 3.8) is 0 Å². The maximum absolute atomic E-state index is 12.0. The van der Waals surface area contributed by atoms with Crippen molar-refractivity contribution in [2.45, 2.75) is 85.5 Å². The van der Waals surface area contributed by atoms with E-state index in [2.05, 4.69) is 75.0 Å². The van der Waals surface area contributed by atoms with Gasteiger partial charge in [-0.2, -0.15) is 0 Å². The molecule has 0 aliphatic carbocycles. The SMILES string of the molecule is C=C(C)C(=O)OCCCc1cc(-c2ccc(-c3ccc(CCCCC)cc3)cc2CC)cc(CCCOC=O)c1OCC(C)(CO)CO. The summed E-state index contributed by atoms with van der Waals surface area (Å²) in [5.41, 5.74) is 8.53. The molecule has 0 aliphatic rings. The number of unbranched alkanes of at least 4 members (excludes halogenated alkanes) is 2. The Labute approximate surface area is 287 Å². The van der Waals surface area contributed by atoms with Gasteiger partial charge in [0.15, 0.2) is 0 Å². The quantitative estimate of drug-likeness (QED) is 0.0491. The highest BCUT2D eigenvalue weighted by atomic mass is 16.5. The fraction of sp³-hybridized carbons (Fsp3) is 0.463. The van der Waals surface area contributed by atoms with Gasteiger partial charge in [0.25, 0.3) is 6.47 Å². The molecule has 7 heteroatoms. The number of aryl methyl sites for hydroxylation is 4. The summed E-state index contributed by atoms with van der Waals surface area (Å²) in [5, 5.41) is 19.9. The zero-order valence-electron chi connectivity index (χ0n) is 29.3. The molecule has 7 nitrogen and oxygen atoms in total. The molecule has 3 aromatic rings. The molecular weight excluding hydrogens is 604 g/mol. The van der Waals surface area contributed by atoms with Gasteiger partial charge in [0.1, 0.15) is 5.75 Å². The molecule has 2 N–H and O–H groups in total. The molecule has 0 radical (unpaired) electrons. The molecule has 48 heavy (non-hydrogen) atoms. The molecule has 0 unspecified atom stereocenters. The third kappa shape index (κ3) is 11.3. The van der Waals surface area contributed by atoms with Crippen LogP contribution in [0.3, 0.4) is 0 Å². The second-order valence-corrected chi connectivity index (χ2v) is 13.0. The number of ether oxygens (including phenoxy) is 3. The predicted octanol–water partition coefficient (Wildman–Crippen LogP) is 7.84. The number of benzene rings is 3. The summed E-state index contributed by atoms with van der Waals surface area (Å²) >= 11 is 0. The van der Waals surface area contributed by atoms with E-state index in [9.17, 15) is 19.8 Å². The summed E-state index contributed by atoms with van der Waals surface area (Å²) in [6.07, 6.45) is 7.96. The Morgan fingerprint density at radius 1 is 0.812 bits per heavy atom. The van der Waals surface area contributed by atoms with Crippen LogP contribution in [0.25, 0.3) is 22.3 Å². The lowest BCUT2D eigenvalue weighted by atomic mass is 9.89. The Kier molecular flexibility index (Phi) is 15.9. The van der Waals surface area contributed by atoms with E-state index in [1.807, 2.05) is 0 Å². The zero-order chi connectivity index (χ0) is 34.9. The Morgan fingerprint density at radius 2 is 1.44 bits per heavy atom. The van der Waals surface area contributed by atoms with Crippen molar-refractivity contribution in [3.8, 4) is 28.0 Å². The highest BCUT2D eigenvalue weighted by molar-refractivity contribution is 5.86. The average molecular weight is 659 g/mol. The number of hydrogen-bond donors (Lipinski definition) is 2. The molecule has 0 amide bonds. The normalized spacial score (nSPS) is 11.3. The molecule has 260 valence electrons. The van der Waals surface area contributed by atoms with Gasteiger partial charge in [-0.05, 0) is 109 Å². The number of hydrogen-bond acceptors (Lipinski definition) is 7. The van der Waals surface area contributed by atoms with Crippen molar-refractivity contribution in [2.75, 3.05) is 33.0 Å². The summed E-state index contributed by atoms with van der Waals surface area (Å²) < 4.78 is 16.8. The minimum absolute atomic E-state index is 0.112.